The Hall–Kier alpha value is -2.76. The van der Waals surface area contributed by atoms with Crippen molar-refractivity contribution in [3.8, 4) is 5.75 Å². The summed E-state index contributed by atoms with van der Waals surface area (Å²) in [6.45, 7) is 0. The minimum absolute atomic E-state index is 0.0902. The zero-order chi connectivity index (χ0) is 18.3. The lowest BCUT2D eigenvalue weighted by atomic mass is 10.1. The van der Waals surface area contributed by atoms with Crippen LogP contribution in [0.1, 0.15) is 24.0 Å². The number of carbonyl (C=O) groups is 1. The van der Waals surface area contributed by atoms with E-state index in [9.17, 15) is 23.1 Å². The van der Waals surface area contributed by atoms with Crippen molar-refractivity contribution >= 4 is 12.0 Å². The predicted molar refractivity (Wildman–Crippen MR) is 88.2 cm³/mol. The molecule has 0 aromatic heterocycles. The number of ether oxygens (including phenoxy) is 1. The van der Waals surface area contributed by atoms with Crippen LogP contribution in [0.2, 0.25) is 0 Å². The highest BCUT2D eigenvalue weighted by molar-refractivity contribution is 5.72. The first kappa shape index (κ1) is 18.6. The van der Waals surface area contributed by atoms with Crippen LogP contribution < -0.4 is 4.74 Å². The van der Waals surface area contributed by atoms with Crippen molar-refractivity contribution in [3.05, 3.63) is 71.8 Å². The van der Waals surface area contributed by atoms with Gasteiger partial charge in [-0.25, -0.2) is 4.79 Å². The van der Waals surface area contributed by atoms with Crippen molar-refractivity contribution in [3.63, 3.8) is 0 Å². The van der Waals surface area contributed by atoms with Gasteiger partial charge in [-0.2, -0.15) is 13.2 Å². The van der Waals surface area contributed by atoms with Gasteiger partial charge >= 0.3 is 12.1 Å². The molecule has 0 spiro atoms. The lowest BCUT2D eigenvalue weighted by molar-refractivity contribution is -0.145. The molecule has 0 amide bonds. The van der Waals surface area contributed by atoms with Crippen molar-refractivity contribution in [2.45, 2.75) is 25.1 Å². The number of hydrogen-bond acceptors (Lipinski definition) is 2. The van der Waals surface area contributed by atoms with Gasteiger partial charge in [0.05, 0.1) is 5.56 Å². The summed E-state index contributed by atoms with van der Waals surface area (Å²) < 4.78 is 42.8. The van der Waals surface area contributed by atoms with Crippen LogP contribution in [0.4, 0.5) is 13.2 Å². The van der Waals surface area contributed by atoms with Crippen LogP contribution >= 0.6 is 0 Å². The van der Waals surface area contributed by atoms with E-state index in [4.69, 9.17) is 4.74 Å². The highest BCUT2D eigenvalue weighted by Crippen LogP contribution is 2.30. The number of hydrogen-bond donors (Lipinski definition) is 1. The van der Waals surface area contributed by atoms with Gasteiger partial charge in [0.1, 0.15) is 5.75 Å². The first-order chi connectivity index (χ1) is 11.9. The molecule has 2 aromatic carbocycles. The number of benzene rings is 2. The van der Waals surface area contributed by atoms with E-state index in [-0.39, 0.29) is 12.2 Å². The first-order valence-electron chi connectivity index (χ1n) is 7.64. The van der Waals surface area contributed by atoms with E-state index < -0.39 is 23.8 Å². The molecule has 0 saturated carbocycles. The molecule has 0 fully saturated rings. The number of carboxylic acid groups (broad SMARTS) is 1. The number of carboxylic acids is 1. The van der Waals surface area contributed by atoms with Gasteiger partial charge in [0.25, 0.3) is 0 Å². The monoisotopic (exact) mass is 350 g/mol. The van der Waals surface area contributed by atoms with Crippen molar-refractivity contribution in [2.24, 2.45) is 0 Å². The summed E-state index contributed by atoms with van der Waals surface area (Å²) in [5, 5.41) is 9.21. The van der Waals surface area contributed by atoms with Crippen molar-refractivity contribution < 1.29 is 27.8 Å². The van der Waals surface area contributed by atoms with Crippen LogP contribution in [-0.4, -0.2) is 17.2 Å². The van der Waals surface area contributed by atoms with Gasteiger partial charge < -0.3 is 9.84 Å². The van der Waals surface area contributed by atoms with E-state index in [1.807, 2.05) is 42.5 Å². The summed E-state index contributed by atoms with van der Waals surface area (Å²) in [4.78, 5) is 11.3. The summed E-state index contributed by atoms with van der Waals surface area (Å²) in [7, 11) is 0. The van der Waals surface area contributed by atoms with E-state index in [0.717, 1.165) is 29.8 Å². The lowest BCUT2D eigenvalue weighted by Crippen LogP contribution is -2.26. The second-order valence-electron chi connectivity index (χ2n) is 5.36. The largest absolute Gasteiger partial charge is 0.479 e. The van der Waals surface area contributed by atoms with Crippen LogP contribution in [0.15, 0.2) is 60.7 Å². The van der Waals surface area contributed by atoms with Gasteiger partial charge in [-0.1, -0.05) is 42.5 Å². The third-order valence-corrected chi connectivity index (χ3v) is 3.44. The molecule has 2 aromatic rings. The van der Waals surface area contributed by atoms with E-state index in [1.165, 1.54) is 0 Å². The molecule has 0 bridgehead atoms. The Kier molecular flexibility index (Phi) is 6.22. The third kappa shape index (κ3) is 5.99. The molecule has 0 aliphatic carbocycles. The van der Waals surface area contributed by atoms with Gasteiger partial charge in [-0.15, -0.1) is 0 Å². The summed E-state index contributed by atoms with van der Waals surface area (Å²) >= 11 is 0. The minimum atomic E-state index is -4.44. The molecular formula is C19H17F3O3. The highest BCUT2D eigenvalue weighted by atomic mass is 19.4. The second-order valence-corrected chi connectivity index (χ2v) is 5.36. The molecule has 0 radical (unpaired) electrons. The Balaban J connectivity index is 1.92. The predicted octanol–water partition coefficient (Wildman–Crippen LogP) is 5.03. The standard InChI is InChI=1S/C19H17F3O3/c20-19(21,22)15-10-12-16(13-11-15)25-17(18(23)24)9-5-4-8-14-6-2-1-3-7-14/h1-4,6-8,10-13,17H,5,9H2,(H,23,24)/b8-4+. The Morgan fingerprint density at radius 3 is 2.28 bits per heavy atom. The summed E-state index contributed by atoms with van der Waals surface area (Å²) in [5.74, 6) is -1.07. The van der Waals surface area contributed by atoms with Crippen LogP contribution in [0.3, 0.4) is 0 Å². The molecular weight excluding hydrogens is 333 g/mol. The van der Waals surface area contributed by atoms with Crippen LogP contribution in [0.5, 0.6) is 5.75 Å². The van der Waals surface area contributed by atoms with Crippen molar-refractivity contribution in [2.75, 3.05) is 0 Å². The van der Waals surface area contributed by atoms with Crippen LogP contribution in [-0.2, 0) is 11.0 Å². The fourth-order valence-corrected chi connectivity index (χ4v) is 2.15. The Morgan fingerprint density at radius 2 is 1.72 bits per heavy atom. The Bertz CT molecular complexity index is 707. The number of allylic oxidation sites excluding steroid dienone is 1. The van der Waals surface area contributed by atoms with Gasteiger partial charge in [0, 0.05) is 0 Å². The molecule has 132 valence electrons. The highest BCUT2D eigenvalue weighted by Gasteiger charge is 2.30. The van der Waals surface area contributed by atoms with Gasteiger partial charge in [0.2, 0.25) is 0 Å². The van der Waals surface area contributed by atoms with Crippen molar-refractivity contribution in [1.82, 2.24) is 0 Å². The number of aliphatic carboxylic acids is 1. The fraction of sp³-hybridized carbons (Fsp3) is 0.211. The Morgan fingerprint density at radius 1 is 1.08 bits per heavy atom. The molecule has 1 unspecified atom stereocenters. The van der Waals surface area contributed by atoms with E-state index in [2.05, 4.69) is 0 Å². The number of rotatable bonds is 7. The maximum Gasteiger partial charge on any atom is 0.416 e. The molecule has 0 saturated heterocycles. The summed E-state index contributed by atoms with van der Waals surface area (Å²) in [6, 6.07) is 13.5. The zero-order valence-corrected chi connectivity index (χ0v) is 13.2. The fourth-order valence-electron chi connectivity index (χ4n) is 2.15. The second kappa shape index (κ2) is 8.37. The molecule has 2 rings (SSSR count). The quantitative estimate of drug-likeness (QED) is 0.762. The van der Waals surface area contributed by atoms with Gasteiger partial charge in [0.15, 0.2) is 6.10 Å². The molecule has 0 aliphatic rings. The molecule has 0 aliphatic heterocycles. The summed E-state index contributed by atoms with van der Waals surface area (Å²) in [6.07, 6.45) is -1.19. The van der Waals surface area contributed by atoms with E-state index >= 15 is 0 Å². The molecule has 1 N–H and O–H groups in total. The lowest BCUT2D eigenvalue weighted by Gasteiger charge is -2.15. The number of alkyl halides is 3. The van der Waals surface area contributed by atoms with Gasteiger partial charge in [-0.3, -0.25) is 0 Å². The molecule has 25 heavy (non-hydrogen) atoms. The van der Waals surface area contributed by atoms with Gasteiger partial charge in [-0.05, 0) is 42.7 Å². The molecule has 0 heterocycles. The minimum Gasteiger partial charge on any atom is -0.479 e. The molecule has 6 heteroatoms. The number of halogens is 3. The SMILES string of the molecule is O=C(O)C(CC/C=C/c1ccccc1)Oc1ccc(C(F)(F)F)cc1. The van der Waals surface area contributed by atoms with Crippen molar-refractivity contribution in [1.29, 1.82) is 0 Å². The first-order valence-corrected chi connectivity index (χ1v) is 7.64. The average molecular weight is 350 g/mol. The molecule has 1 atom stereocenters. The zero-order valence-electron chi connectivity index (χ0n) is 13.2. The topological polar surface area (TPSA) is 46.5 Å². The summed E-state index contributed by atoms with van der Waals surface area (Å²) in [5.41, 5.74) is 0.190. The van der Waals surface area contributed by atoms with E-state index in [1.54, 1.807) is 0 Å². The normalized spacial score (nSPS) is 12.9. The smallest absolute Gasteiger partial charge is 0.416 e. The maximum atomic E-state index is 12.5. The Labute approximate surface area is 143 Å². The third-order valence-electron chi connectivity index (χ3n) is 3.44. The van der Waals surface area contributed by atoms with Crippen LogP contribution in [0, 0.1) is 0 Å². The average Bonchev–Trinajstić information content (AvgIpc) is 2.58. The maximum absolute atomic E-state index is 12.5. The molecule has 3 nitrogen and oxygen atoms in total. The van der Waals surface area contributed by atoms with E-state index in [0.29, 0.717) is 6.42 Å². The van der Waals surface area contributed by atoms with Crippen LogP contribution in [0.25, 0.3) is 6.08 Å².